The molecule has 0 radical (unpaired) electrons. The lowest BCUT2D eigenvalue weighted by molar-refractivity contribution is 0.102. The van der Waals surface area contributed by atoms with Crippen molar-refractivity contribution in [2.45, 2.75) is 0 Å². The fourth-order valence-corrected chi connectivity index (χ4v) is 2.57. The normalized spacial score (nSPS) is 10.6. The van der Waals surface area contributed by atoms with Gasteiger partial charge in [-0.3, -0.25) is 4.79 Å². The Morgan fingerprint density at radius 2 is 1.70 bits per heavy atom. The van der Waals surface area contributed by atoms with Crippen molar-refractivity contribution in [3.05, 3.63) is 75.5 Å². The predicted octanol–water partition coefficient (Wildman–Crippen LogP) is 5.08. The third kappa shape index (κ3) is 3.50. The molecule has 0 unspecified atom stereocenters. The monoisotopic (exact) mass is 365 g/mol. The van der Waals surface area contributed by atoms with Crippen molar-refractivity contribution in [3.8, 4) is 5.69 Å². The summed E-state index contributed by atoms with van der Waals surface area (Å²) in [4.78, 5) is 12.3. The minimum Gasteiger partial charge on any atom is -0.320 e. The third-order valence-electron chi connectivity index (χ3n) is 3.12. The molecule has 1 aromatic heterocycles. The predicted molar refractivity (Wildman–Crippen MR) is 93.0 cm³/mol. The first-order valence-corrected chi connectivity index (χ1v) is 7.74. The van der Waals surface area contributed by atoms with Crippen LogP contribution in [0.1, 0.15) is 10.4 Å². The molecule has 0 aliphatic rings. The summed E-state index contributed by atoms with van der Waals surface area (Å²) in [5.41, 5.74) is 1.65. The molecule has 0 saturated heterocycles. The molecule has 1 amide bonds. The number of hydrogen-bond acceptors (Lipinski definition) is 2. The summed E-state index contributed by atoms with van der Waals surface area (Å²) in [7, 11) is 0. The van der Waals surface area contributed by atoms with E-state index in [2.05, 4.69) is 10.4 Å². The van der Waals surface area contributed by atoms with Gasteiger partial charge in [-0.2, -0.15) is 5.10 Å². The maximum absolute atomic E-state index is 12.3. The van der Waals surface area contributed by atoms with Gasteiger partial charge in [0.25, 0.3) is 5.91 Å². The molecule has 0 fully saturated rings. The van der Waals surface area contributed by atoms with Crippen molar-refractivity contribution < 1.29 is 4.79 Å². The summed E-state index contributed by atoms with van der Waals surface area (Å²) in [6.45, 7) is 0. The van der Waals surface area contributed by atoms with Crippen LogP contribution in [0.5, 0.6) is 0 Å². The molecule has 116 valence electrons. The van der Waals surface area contributed by atoms with E-state index >= 15 is 0 Å². The van der Waals surface area contributed by atoms with Crippen LogP contribution in [0, 0.1) is 0 Å². The Balaban J connectivity index is 1.82. The Labute approximate surface area is 147 Å². The molecule has 0 aliphatic carbocycles. The van der Waals surface area contributed by atoms with Crippen LogP contribution in [0.2, 0.25) is 15.1 Å². The lowest BCUT2D eigenvalue weighted by atomic mass is 10.2. The number of nitrogens with zero attached hydrogens (tertiary/aromatic N) is 2. The van der Waals surface area contributed by atoms with E-state index in [1.54, 1.807) is 10.9 Å². The quantitative estimate of drug-likeness (QED) is 0.657. The summed E-state index contributed by atoms with van der Waals surface area (Å²) in [5.74, 6) is -0.340. The highest BCUT2D eigenvalue weighted by Crippen LogP contribution is 2.32. The van der Waals surface area contributed by atoms with Crippen LogP contribution in [0.25, 0.3) is 5.69 Å². The van der Waals surface area contributed by atoms with E-state index in [0.29, 0.717) is 26.3 Å². The van der Waals surface area contributed by atoms with Crippen molar-refractivity contribution in [1.29, 1.82) is 0 Å². The molecule has 7 heteroatoms. The van der Waals surface area contributed by atoms with Gasteiger partial charge in [-0.1, -0.05) is 53.0 Å². The lowest BCUT2D eigenvalue weighted by Gasteiger charge is -2.07. The van der Waals surface area contributed by atoms with Crippen molar-refractivity contribution in [1.82, 2.24) is 9.78 Å². The number of carbonyl (C=O) groups is 1. The van der Waals surface area contributed by atoms with Crippen molar-refractivity contribution in [3.63, 3.8) is 0 Å². The number of rotatable bonds is 3. The van der Waals surface area contributed by atoms with E-state index in [0.717, 1.165) is 5.69 Å². The van der Waals surface area contributed by atoms with Crippen LogP contribution in [-0.2, 0) is 0 Å². The molecular formula is C16H10Cl3N3O. The van der Waals surface area contributed by atoms with Gasteiger partial charge >= 0.3 is 0 Å². The van der Waals surface area contributed by atoms with Gasteiger partial charge in [0.1, 0.15) is 0 Å². The summed E-state index contributed by atoms with van der Waals surface area (Å²) >= 11 is 17.9. The Kier molecular flexibility index (Phi) is 4.57. The molecule has 1 N–H and O–H groups in total. The number of halogens is 3. The molecule has 4 nitrogen and oxygen atoms in total. The van der Waals surface area contributed by atoms with Crippen molar-refractivity contribution in [2.24, 2.45) is 0 Å². The SMILES string of the molecule is O=C(Nc1cc(Cl)c(Cl)cc1Cl)c1cnn(-c2ccccc2)c1. The molecule has 0 spiro atoms. The van der Waals surface area contributed by atoms with Crippen LogP contribution in [0.4, 0.5) is 5.69 Å². The summed E-state index contributed by atoms with van der Waals surface area (Å²) in [6.07, 6.45) is 3.11. The van der Waals surface area contributed by atoms with E-state index in [1.807, 2.05) is 30.3 Å². The molecule has 23 heavy (non-hydrogen) atoms. The van der Waals surface area contributed by atoms with Gasteiger partial charge in [0.2, 0.25) is 0 Å². The Morgan fingerprint density at radius 1 is 1.00 bits per heavy atom. The number of para-hydroxylation sites is 1. The maximum Gasteiger partial charge on any atom is 0.258 e. The third-order valence-corrected chi connectivity index (χ3v) is 4.16. The van der Waals surface area contributed by atoms with Gasteiger partial charge < -0.3 is 5.32 Å². The highest BCUT2D eigenvalue weighted by Gasteiger charge is 2.13. The van der Waals surface area contributed by atoms with Crippen LogP contribution in [-0.4, -0.2) is 15.7 Å². The molecular weight excluding hydrogens is 357 g/mol. The number of benzene rings is 2. The average Bonchev–Trinajstić information content (AvgIpc) is 3.03. The molecule has 3 rings (SSSR count). The van der Waals surface area contributed by atoms with Crippen LogP contribution in [0.3, 0.4) is 0 Å². The Hall–Kier alpha value is -2.01. The van der Waals surface area contributed by atoms with Crippen molar-refractivity contribution in [2.75, 3.05) is 5.32 Å². The zero-order chi connectivity index (χ0) is 16.4. The second-order valence-electron chi connectivity index (χ2n) is 4.71. The number of nitrogens with one attached hydrogen (secondary N) is 1. The van der Waals surface area contributed by atoms with Gasteiger partial charge in [0.05, 0.1) is 38.2 Å². The summed E-state index contributed by atoms with van der Waals surface area (Å²) in [6, 6.07) is 12.5. The van der Waals surface area contributed by atoms with Gasteiger partial charge in [0, 0.05) is 6.20 Å². The highest BCUT2D eigenvalue weighted by atomic mass is 35.5. The maximum atomic E-state index is 12.3. The van der Waals surface area contributed by atoms with Crippen LogP contribution >= 0.6 is 34.8 Å². The van der Waals surface area contributed by atoms with Gasteiger partial charge in [-0.15, -0.1) is 0 Å². The second kappa shape index (κ2) is 6.62. The molecule has 0 atom stereocenters. The number of amides is 1. The Bertz CT molecular complexity index is 862. The zero-order valence-electron chi connectivity index (χ0n) is 11.6. The van der Waals surface area contributed by atoms with Crippen LogP contribution in [0.15, 0.2) is 54.9 Å². The molecule has 0 saturated carbocycles. The first-order chi connectivity index (χ1) is 11.0. The first-order valence-electron chi connectivity index (χ1n) is 6.60. The number of carbonyl (C=O) groups excluding carboxylic acids is 1. The van der Waals surface area contributed by atoms with Crippen molar-refractivity contribution >= 4 is 46.4 Å². The van der Waals surface area contributed by atoms with Gasteiger partial charge in [0.15, 0.2) is 0 Å². The Morgan fingerprint density at radius 3 is 2.43 bits per heavy atom. The summed E-state index contributed by atoms with van der Waals surface area (Å²) in [5, 5.41) is 7.82. The van der Waals surface area contributed by atoms with E-state index < -0.39 is 0 Å². The lowest BCUT2D eigenvalue weighted by Crippen LogP contribution is -2.11. The second-order valence-corrected chi connectivity index (χ2v) is 5.93. The standard InChI is InChI=1S/C16H10Cl3N3O/c17-12-6-14(19)15(7-13(12)18)21-16(23)10-8-20-22(9-10)11-4-2-1-3-5-11/h1-9H,(H,21,23). The molecule has 1 heterocycles. The van der Waals surface area contributed by atoms with Gasteiger partial charge in [-0.25, -0.2) is 4.68 Å². The topological polar surface area (TPSA) is 46.9 Å². The van der Waals surface area contributed by atoms with E-state index in [4.69, 9.17) is 34.8 Å². The smallest absolute Gasteiger partial charge is 0.258 e. The summed E-state index contributed by atoms with van der Waals surface area (Å²) < 4.78 is 1.62. The average molecular weight is 367 g/mol. The van der Waals surface area contributed by atoms with Crippen LogP contribution < -0.4 is 5.32 Å². The fraction of sp³-hybridized carbons (Fsp3) is 0. The number of hydrogen-bond donors (Lipinski definition) is 1. The first kappa shape index (κ1) is 15.9. The highest BCUT2D eigenvalue weighted by molar-refractivity contribution is 6.44. The van der Waals surface area contributed by atoms with E-state index in [1.165, 1.54) is 18.3 Å². The number of aromatic nitrogens is 2. The zero-order valence-corrected chi connectivity index (χ0v) is 13.9. The minimum atomic E-state index is -0.340. The van der Waals surface area contributed by atoms with E-state index in [9.17, 15) is 4.79 Å². The molecule has 3 aromatic rings. The van der Waals surface area contributed by atoms with Gasteiger partial charge in [-0.05, 0) is 24.3 Å². The molecule has 2 aromatic carbocycles. The molecule has 0 bridgehead atoms. The minimum absolute atomic E-state index is 0.309. The van der Waals surface area contributed by atoms with E-state index in [-0.39, 0.29) is 5.91 Å². The largest absolute Gasteiger partial charge is 0.320 e. The molecule has 0 aliphatic heterocycles. The fourth-order valence-electron chi connectivity index (χ4n) is 1.97. The number of anilines is 1.